The van der Waals surface area contributed by atoms with Gasteiger partial charge in [0, 0.05) is 12.2 Å². The molecule has 0 radical (unpaired) electrons. The molecule has 0 saturated heterocycles. The summed E-state index contributed by atoms with van der Waals surface area (Å²) in [6.07, 6.45) is 0.199. The maximum absolute atomic E-state index is 12.6. The molecule has 1 amide bonds. The predicted octanol–water partition coefficient (Wildman–Crippen LogP) is 4.22. The quantitative estimate of drug-likeness (QED) is 0.690. The van der Waals surface area contributed by atoms with Gasteiger partial charge in [0.05, 0.1) is 18.1 Å². The van der Waals surface area contributed by atoms with Crippen LogP contribution in [-0.2, 0) is 9.53 Å². The maximum atomic E-state index is 12.6. The van der Waals surface area contributed by atoms with Crippen molar-refractivity contribution >= 4 is 17.6 Å². The van der Waals surface area contributed by atoms with Crippen molar-refractivity contribution in [2.75, 3.05) is 18.1 Å². The third-order valence-corrected chi connectivity index (χ3v) is 4.23. The zero-order valence-electron chi connectivity index (χ0n) is 15.9. The topological polar surface area (TPSA) is 70.4 Å². The van der Waals surface area contributed by atoms with Crippen LogP contribution in [0.2, 0.25) is 0 Å². The van der Waals surface area contributed by atoms with Crippen molar-refractivity contribution in [2.24, 2.45) is 0 Å². The van der Waals surface area contributed by atoms with Gasteiger partial charge in [-0.1, -0.05) is 43.7 Å². The van der Waals surface area contributed by atoms with E-state index in [1.165, 1.54) is 4.90 Å². The molecule has 5 nitrogen and oxygen atoms in total. The van der Waals surface area contributed by atoms with Gasteiger partial charge in [-0.05, 0) is 42.7 Å². The van der Waals surface area contributed by atoms with E-state index in [-0.39, 0.29) is 25.5 Å². The Labute approximate surface area is 160 Å². The Morgan fingerprint density at radius 2 is 1.70 bits per heavy atom. The van der Waals surface area contributed by atoms with E-state index in [1.807, 2.05) is 49.4 Å². The molecule has 0 atom stereocenters. The van der Waals surface area contributed by atoms with E-state index in [1.54, 1.807) is 12.1 Å². The summed E-state index contributed by atoms with van der Waals surface area (Å²) in [5.41, 5.74) is 3.29. The number of carbonyl (C=O) groups excluding carboxylic acids is 2. The Hall–Kier alpha value is -3.13. The van der Waals surface area contributed by atoms with E-state index < -0.39 is 5.97 Å². The van der Waals surface area contributed by atoms with Gasteiger partial charge in [-0.3, -0.25) is 4.79 Å². The zero-order chi connectivity index (χ0) is 19.8. The molecule has 0 aliphatic heterocycles. The first-order valence-electron chi connectivity index (χ1n) is 8.93. The summed E-state index contributed by atoms with van der Waals surface area (Å²) in [5, 5.41) is 8.84. The predicted molar refractivity (Wildman–Crippen MR) is 105 cm³/mol. The van der Waals surface area contributed by atoms with Crippen LogP contribution in [0, 0.1) is 18.3 Å². The number of ether oxygens (including phenoxy) is 1. The number of anilines is 1. The van der Waals surface area contributed by atoms with Crippen molar-refractivity contribution < 1.29 is 14.3 Å². The van der Waals surface area contributed by atoms with Gasteiger partial charge >= 0.3 is 5.97 Å². The lowest BCUT2D eigenvalue weighted by molar-refractivity contribution is -0.121. The van der Waals surface area contributed by atoms with Gasteiger partial charge in [-0.15, -0.1) is 0 Å². The average Bonchev–Trinajstić information content (AvgIpc) is 2.67. The van der Waals surface area contributed by atoms with Gasteiger partial charge in [0.2, 0.25) is 0 Å². The van der Waals surface area contributed by atoms with Gasteiger partial charge in [-0.25, -0.2) is 4.79 Å². The molecule has 27 heavy (non-hydrogen) atoms. The lowest BCUT2D eigenvalue weighted by Gasteiger charge is -2.21. The van der Waals surface area contributed by atoms with Crippen molar-refractivity contribution in [1.29, 1.82) is 5.26 Å². The molecule has 0 saturated carbocycles. The van der Waals surface area contributed by atoms with Crippen LogP contribution in [0.4, 0.5) is 5.69 Å². The SMILES string of the molecule is Cc1ccc(N(CCC#N)C(=O)COC(=O)c2ccc(C(C)C)cc2)cc1. The van der Waals surface area contributed by atoms with Gasteiger partial charge in [0.1, 0.15) is 0 Å². The molecular formula is C22H24N2O3. The minimum atomic E-state index is -0.539. The third-order valence-electron chi connectivity index (χ3n) is 4.23. The molecule has 0 heterocycles. The van der Waals surface area contributed by atoms with Crippen LogP contribution in [0.1, 0.15) is 47.7 Å². The molecule has 0 unspecified atom stereocenters. The highest BCUT2D eigenvalue weighted by atomic mass is 16.5. The number of nitriles is 1. The second-order valence-corrected chi connectivity index (χ2v) is 6.64. The maximum Gasteiger partial charge on any atom is 0.338 e. The van der Waals surface area contributed by atoms with Crippen molar-refractivity contribution in [1.82, 2.24) is 0 Å². The Morgan fingerprint density at radius 1 is 1.07 bits per heavy atom. The van der Waals surface area contributed by atoms with E-state index in [4.69, 9.17) is 10.00 Å². The van der Waals surface area contributed by atoms with Gasteiger partial charge < -0.3 is 9.64 Å². The summed E-state index contributed by atoms with van der Waals surface area (Å²) in [7, 11) is 0. The molecule has 2 aromatic rings. The first kappa shape index (κ1) is 20.2. The highest BCUT2D eigenvalue weighted by Gasteiger charge is 2.18. The summed E-state index contributed by atoms with van der Waals surface area (Å²) in [6.45, 7) is 5.99. The number of hydrogen-bond acceptors (Lipinski definition) is 4. The molecule has 5 heteroatoms. The lowest BCUT2D eigenvalue weighted by Crippen LogP contribution is -2.35. The van der Waals surface area contributed by atoms with Crippen LogP contribution >= 0.6 is 0 Å². The molecule has 0 aromatic heterocycles. The minimum absolute atomic E-state index is 0.199. The summed E-state index contributed by atoms with van der Waals surface area (Å²) in [4.78, 5) is 26.2. The van der Waals surface area contributed by atoms with Crippen molar-refractivity contribution in [3.05, 3.63) is 65.2 Å². The van der Waals surface area contributed by atoms with E-state index >= 15 is 0 Å². The van der Waals surface area contributed by atoms with Gasteiger partial charge in [0.25, 0.3) is 5.91 Å². The van der Waals surface area contributed by atoms with E-state index in [9.17, 15) is 9.59 Å². The number of hydrogen-bond donors (Lipinski definition) is 0. The first-order valence-corrected chi connectivity index (χ1v) is 8.93. The third kappa shape index (κ3) is 5.68. The standard InChI is InChI=1S/C22H24N2O3/c1-16(2)18-7-9-19(10-8-18)22(26)27-15-21(25)24(14-4-13-23)20-11-5-17(3)6-12-20/h5-12,16H,4,14-15H2,1-3H3. The molecule has 0 bridgehead atoms. The molecule has 140 valence electrons. The fourth-order valence-electron chi connectivity index (χ4n) is 2.58. The molecule has 2 aromatic carbocycles. The molecule has 2 rings (SSSR count). The fraction of sp³-hybridized carbons (Fsp3) is 0.318. The van der Waals surface area contributed by atoms with Crippen molar-refractivity contribution in [3.63, 3.8) is 0 Å². The normalized spacial score (nSPS) is 10.3. The number of benzene rings is 2. The number of nitrogens with zero attached hydrogens (tertiary/aromatic N) is 2. The first-order chi connectivity index (χ1) is 12.9. The molecule has 0 fully saturated rings. The van der Waals surface area contributed by atoms with E-state index in [0.29, 0.717) is 17.2 Å². The van der Waals surface area contributed by atoms with Crippen LogP contribution in [0.3, 0.4) is 0 Å². The van der Waals surface area contributed by atoms with Crippen LogP contribution in [0.5, 0.6) is 0 Å². The van der Waals surface area contributed by atoms with Gasteiger partial charge in [0.15, 0.2) is 6.61 Å². The second kappa shape index (κ2) is 9.54. The minimum Gasteiger partial charge on any atom is -0.452 e. The van der Waals surface area contributed by atoms with E-state index in [2.05, 4.69) is 13.8 Å². The van der Waals surface area contributed by atoms with Crippen LogP contribution in [-0.4, -0.2) is 25.0 Å². The summed E-state index contributed by atoms with van der Waals surface area (Å²) < 4.78 is 5.18. The van der Waals surface area contributed by atoms with Crippen molar-refractivity contribution in [3.8, 4) is 6.07 Å². The molecule has 0 aliphatic rings. The lowest BCUT2D eigenvalue weighted by atomic mass is 10.0. The number of esters is 1. The number of rotatable bonds is 7. The van der Waals surface area contributed by atoms with Crippen LogP contribution in [0.25, 0.3) is 0 Å². The number of amides is 1. The molecule has 0 N–H and O–H groups in total. The number of aryl methyl sites for hydroxylation is 1. The zero-order valence-corrected chi connectivity index (χ0v) is 15.9. The fourth-order valence-corrected chi connectivity index (χ4v) is 2.58. The van der Waals surface area contributed by atoms with Crippen molar-refractivity contribution in [2.45, 2.75) is 33.1 Å². The molecule has 0 aliphatic carbocycles. The smallest absolute Gasteiger partial charge is 0.338 e. The largest absolute Gasteiger partial charge is 0.452 e. The average molecular weight is 364 g/mol. The summed E-state index contributed by atoms with van der Waals surface area (Å²) in [6, 6.07) is 16.6. The second-order valence-electron chi connectivity index (χ2n) is 6.64. The number of carbonyl (C=O) groups is 2. The monoisotopic (exact) mass is 364 g/mol. The van der Waals surface area contributed by atoms with Gasteiger partial charge in [-0.2, -0.15) is 5.26 Å². The molecule has 0 spiro atoms. The van der Waals surface area contributed by atoms with Crippen LogP contribution in [0.15, 0.2) is 48.5 Å². The summed E-state index contributed by atoms with van der Waals surface area (Å²) >= 11 is 0. The van der Waals surface area contributed by atoms with E-state index in [0.717, 1.165) is 11.1 Å². The Bertz CT molecular complexity index is 818. The van der Waals surface area contributed by atoms with Crippen LogP contribution < -0.4 is 4.90 Å². The Morgan fingerprint density at radius 3 is 2.26 bits per heavy atom. The molecular weight excluding hydrogens is 340 g/mol. The highest BCUT2D eigenvalue weighted by molar-refractivity contribution is 5.97. The highest BCUT2D eigenvalue weighted by Crippen LogP contribution is 2.17. The Balaban J connectivity index is 2.02. The summed E-state index contributed by atoms with van der Waals surface area (Å²) in [5.74, 6) is -0.524. The Kier molecular flexibility index (Phi) is 7.13.